The minimum atomic E-state index is -4.74. The number of hydrogen-bond acceptors (Lipinski definition) is 10. The fourth-order valence-electron chi connectivity index (χ4n) is 7.84. The van der Waals surface area contributed by atoms with E-state index < -0.39 is 57.8 Å². The summed E-state index contributed by atoms with van der Waals surface area (Å²) in [5.74, 6) is -1.47. The van der Waals surface area contributed by atoms with E-state index in [-0.39, 0.29) is 25.9 Å². The summed E-state index contributed by atoms with van der Waals surface area (Å²) < 4.78 is 39.4. The van der Waals surface area contributed by atoms with Crippen molar-refractivity contribution in [2.24, 2.45) is 0 Å². The van der Waals surface area contributed by atoms with Crippen LogP contribution >= 0.6 is 7.82 Å². The number of allylic oxidation sites excluding steroid dienone is 6. The van der Waals surface area contributed by atoms with E-state index in [9.17, 15) is 28.9 Å². The van der Waals surface area contributed by atoms with Crippen molar-refractivity contribution in [1.29, 1.82) is 0 Å². The predicted octanol–water partition coefficient (Wildman–Crippen LogP) is 16.0. The van der Waals surface area contributed by atoms with E-state index in [4.69, 9.17) is 23.3 Å². The first-order chi connectivity index (χ1) is 33.2. The topological polar surface area (TPSA) is 155 Å². The molecule has 0 fully saturated rings. The van der Waals surface area contributed by atoms with Gasteiger partial charge in [-0.15, -0.1) is 0 Å². The Hall–Kier alpha value is -2.30. The quantitative estimate of drug-likeness (QED) is 0.0197. The number of carbonyl (C=O) groups excluding carboxylic acids is 3. The zero-order valence-corrected chi connectivity index (χ0v) is 44.7. The summed E-state index contributed by atoms with van der Waals surface area (Å²) in [6.07, 6.45) is 51.0. The third kappa shape index (κ3) is 48.7. The van der Waals surface area contributed by atoms with Crippen LogP contribution in [0.3, 0.4) is 0 Å². The lowest BCUT2D eigenvalue weighted by atomic mass is 10.0. The second-order valence-electron chi connectivity index (χ2n) is 18.7. The summed E-state index contributed by atoms with van der Waals surface area (Å²) in [6.45, 7) is 4.53. The lowest BCUT2D eigenvalue weighted by molar-refractivity contribution is -0.161. The fraction of sp³-hybridized carbons (Fsp3) is 0.839. The van der Waals surface area contributed by atoms with Gasteiger partial charge >= 0.3 is 25.7 Å². The van der Waals surface area contributed by atoms with Crippen LogP contribution in [0.15, 0.2) is 36.5 Å². The number of aliphatic hydroxyl groups is 1. The van der Waals surface area contributed by atoms with Crippen LogP contribution in [0.2, 0.25) is 0 Å². The van der Waals surface area contributed by atoms with E-state index >= 15 is 0 Å². The molecule has 0 amide bonds. The van der Waals surface area contributed by atoms with Crippen molar-refractivity contribution in [1.82, 2.24) is 0 Å². The van der Waals surface area contributed by atoms with Gasteiger partial charge in [-0.05, 0) is 51.4 Å². The maximum absolute atomic E-state index is 12.9. The van der Waals surface area contributed by atoms with Crippen LogP contribution in [0.5, 0.6) is 0 Å². The van der Waals surface area contributed by atoms with Gasteiger partial charge in [0.15, 0.2) is 6.10 Å². The van der Waals surface area contributed by atoms with E-state index in [0.717, 1.165) is 89.9 Å². The molecular formula is C56H103O11P. The number of phosphoric acid groups is 1. The Bertz CT molecular complexity index is 1280. The summed E-state index contributed by atoms with van der Waals surface area (Å²) in [5, 5.41) is 9.78. The van der Waals surface area contributed by atoms with Crippen LogP contribution in [0.1, 0.15) is 265 Å². The van der Waals surface area contributed by atoms with Crippen molar-refractivity contribution in [3.8, 4) is 0 Å². The highest BCUT2D eigenvalue weighted by Crippen LogP contribution is 2.43. The largest absolute Gasteiger partial charge is 0.472 e. The van der Waals surface area contributed by atoms with Crippen LogP contribution in [-0.4, -0.2) is 66.5 Å². The van der Waals surface area contributed by atoms with Gasteiger partial charge in [0.05, 0.1) is 19.8 Å². The van der Waals surface area contributed by atoms with Gasteiger partial charge in [0.2, 0.25) is 0 Å². The van der Waals surface area contributed by atoms with Crippen molar-refractivity contribution >= 4 is 25.7 Å². The standard InChI is InChI=1S/C56H103O11P/c1-4-7-10-13-16-19-22-24-26-28-31-33-36-39-42-45-54(58)63-49-53(67-56(60)47-44-41-38-35-32-29-27-25-23-20-17-14-11-8-5-2)51-65-68(61,62)64-50-52(48-57)66-55(59)46-43-40-37-34-30-21-18-15-12-9-6-3/h8,11,17,20,25,27,52-53,57H,4-7,9-10,12-16,18-19,21-24,26,28-51H2,1-3H3,(H,61,62)/b11-8-,20-17-,27-25-. The van der Waals surface area contributed by atoms with Crippen molar-refractivity contribution in [3.63, 3.8) is 0 Å². The number of carbonyl (C=O) groups is 3. The molecule has 398 valence electrons. The van der Waals surface area contributed by atoms with Crippen LogP contribution in [0.4, 0.5) is 0 Å². The second kappa shape index (κ2) is 51.1. The molecule has 0 aliphatic carbocycles. The van der Waals surface area contributed by atoms with Gasteiger partial charge < -0.3 is 24.2 Å². The number of aliphatic hydroxyl groups excluding tert-OH is 1. The molecule has 0 aromatic carbocycles. The van der Waals surface area contributed by atoms with Gasteiger partial charge in [0.1, 0.15) is 12.7 Å². The van der Waals surface area contributed by atoms with Crippen molar-refractivity contribution in [2.75, 3.05) is 26.4 Å². The molecule has 0 aliphatic heterocycles. The molecule has 11 nitrogen and oxygen atoms in total. The Morgan fingerprint density at radius 2 is 0.765 bits per heavy atom. The maximum atomic E-state index is 12.9. The van der Waals surface area contributed by atoms with Gasteiger partial charge in [-0.25, -0.2) is 4.57 Å². The molecule has 68 heavy (non-hydrogen) atoms. The van der Waals surface area contributed by atoms with E-state index in [2.05, 4.69) is 57.2 Å². The molecule has 0 saturated carbocycles. The van der Waals surface area contributed by atoms with E-state index in [1.165, 1.54) is 116 Å². The van der Waals surface area contributed by atoms with E-state index in [0.29, 0.717) is 19.3 Å². The fourth-order valence-corrected chi connectivity index (χ4v) is 8.63. The first-order valence-corrected chi connectivity index (χ1v) is 29.4. The lowest BCUT2D eigenvalue weighted by Crippen LogP contribution is -2.30. The Labute approximate surface area is 416 Å². The Kier molecular flexibility index (Phi) is 49.3. The number of rotatable bonds is 52. The normalized spacial score (nSPS) is 13.7. The molecule has 0 aliphatic rings. The molecule has 3 unspecified atom stereocenters. The molecular weight excluding hydrogens is 880 g/mol. The molecule has 0 rings (SSSR count). The second-order valence-corrected chi connectivity index (χ2v) is 20.2. The van der Waals surface area contributed by atoms with Gasteiger partial charge in [-0.1, -0.05) is 231 Å². The Morgan fingerprint density at radius 3 is 1.18 bits per heavy atom. The summed E-state index contributed by atoms with van der Waals surface area (Å²) in [5.41, 5.74) is 0. The van der Waals surface area contributed by atoms with Gasteiger partial charge in [0, 0.05) is 19.3 Å². The Morgan fingerprint density at radius 1 is 0.426 bits per heavy atom. The van der Waals surface area contributed by atoms with E-state index in [1.807, 2.05) is 0 Å². The summed E-state index contributed by atoms with van der Waals surface area (Å²) in [6, 6.07) is 0. The van der Waals surface area contributed by atoms with Crippen LogP contribution in [0, 0.1) is 0 Å². The van der Waals surface area contributed by atoms with Crippen molar-refractivity contribution in [3.05, 3.63) is 36.5 Å². The molecule has 0 spiro atoms. The molecule has 0 bridgehead atoms. The zero-order valence-electron chi connectivity index (χ0n) is 43.8. The smallest absolute Gasteiger partial charge is 0.462 e. The minimum Gasteiger partial charge on any atom is -0.462 e. The zero-order chi connectivity index (χ0) is 49.9. The van der Waals surface area contributed by atoms with Crippen LogP contribution in [-0.2, 0) is 42.2 Å². The lowest BCUT2D eigenvalue weighted by Gasteiger charge is -2.21. The van der Waals surface area contributed by atoms with Crippen LogP contribution in [0.25, 0.3) is 0 Å². The predicted molar refractivity (Wildman–Crippen MR) is 279 cm³/mol. The summed E-state index contributed by atoms with van der Waals surface area (Å²) in [4.78, 5) is 48.4. The third-order valence-electron chi connectivity index (χ3n) is 12.1. The molecule has 0 saturated heterocycles. The molecule has 0 radical (unpaired) electrons. The highest BCUT2D eigenvalue weighted by atomic mass is 31.2. The molecule has 0 aromatic rings. The average molecular weight is 983 g/mol. The molecule has 12 heteroatoms. The maximum Gasteiger partial charge on any atom is 0.472 e. The first kappa shape index (κ1) is 65.7. The number of phosphoric ester groups is 1. The number of ether oxygens (including phenoxy) is 3. The molecule has 0 heterocycles. The highest BCUT2D eigenvalue weighted by Gasteiger charge is 2.28. The van der Waals surface area contributed by atoms with Gasteiger partial charge in [-0.3, -0.25) is 23.4 Å². The van der Waals surface area contributed by atoms with Gasteiger partial charge in [-0.2, -0.15) is 0 Å². The minimum absolute atomic E-state index is 0.152. The van der Waals surface area contributed by atoms with Crippen LogP contribution < -0.4 is 0 Å². The third-order valence-corrected chi connectivity index (χ3v) is 13.0. The molecule has 3 atom stereocenters. The molecule has 2 N–H and O–H groups in total. The Balaban J connectivity index is 4.73. The van der Waals surface area contributed by atoms with Crippen molar-refractivity contribution in [2.45, 2.75) is 277 Å². The number of esters is 3. The highest BCUT2D eigenvalue weighted by molar-refractivity contribution is 7.47. The number of hydrogen-bond donors (Lipinski definition) is 2. The molecule has 0 aromatic heterocycles. The monoisotopic (exact) mass is 983 g/mol. The first-order valence-electron chi connectivity index (χ1n) is 27.9. The summed E-state index contributed by atoms with van der Waals surface area (Å²) >= 11 is 0. The number of unbranched alkanes of at least 4 members (excludes halogenated alkanes) is 29. The van der Waals surface area contributed by atoms with E-state index in [1.54, 1.807) is 0 Å². The SMILES string of the molecule is CC/C=C\C/C=C\C/C=C\CCCCCCCC(=O)OC(COC(=O)CCCCCCCCCCCCCCCCC)COP(=O)(O)OCC(CO)OC(=O)CCCCCCCCCCCCC. The summed E-state index contributed by atoms with van der Waals surface area (Å²) in [7, 11) is -4.74. The van der Waals surface area contributed by atoms with Crippen molar-refractivity contribution < 1.29 is 52.2 Å². The average Bonchev–Trinajstić information content (AvgIpc) is 3.32. The van der Waals surface area contributed by atoms with Gasteiger partial charge in [0.25, 0.3) is 0 Å².